The highest BCUT2D eigenvalue weighted by Crippen LogP contribution is 2.34. The molecule has 4 rings (SSSR count). The summed E-state index contributed by atoms with van der Waals surface area (Å²) in [6.45, 7) is -3.78. The fourth-order valence-electron chi connectivity index (χ4n) is 3.78. The molecule has 0 aliphatic carbocycles. The Morgan fingerprint density at radius 1 is 1.16 bits per heavy atom. The van der Waals surface area contributed by atoms with E-state index in [4.69, 9.17) is 0 Å². The molecule has 2 N–H and O–H groups in total. The van der Waals surface area contributed by atoms with Crippen LogP contribution < -0.4 is 5.32 Å². The van der Waals surface area contributed by atoms with Crippen LogP contribution in [0.15, 0.2) is 42.5 Å². The Labute approximate surface area is 179 Å². The Hall–Kier alpha value is -3.11. The van der Waals surface area contributed by atoms with Crippen LogP contribution in [0.2, 0.25) is 0 Å². The first kappa shape index (κ1) is 21.1. The summed E-state index contributed by atoms with van der Waals surface area (Å²) in [5, 5.41) is 13.9. The molecule has 2 atom stereocenters. The molecule has 1 saturated heterocycles. The minimum atomic E-state index is -3.06. The van der Waals surface area contributed by atoms with Gasteiger partial charge in [-0.25, -0.2) is 4.79 Å². The summed E-state index contributed by atoms with van der Waals surface area (Å²) in [5.74, 6) is -2.47. The van der Waals surface area contributed by atoms with Gasteiger partial charge in [-0.3, -0.25) is 9.59 Å². The van der Waals surface area contributed by atoms with E-state index in [9.17, 15) is 28.3 Å². The molecule has 0 radical (unpaired) electrons. The predicted octanol–water partition coefficient (Wildman–Crippen LogP) is 3.08. The van der Waals surface area contributed by atoms with Gasteiger partial charge < -0.3 is 20.1 Å². The summed E-state index contributed by atoms with van der Waals surface area (Å²) in [6, 6.07) is 11.9. The van der Waals surface area contributed by atoms with Gasteiger partial charge in [0.05, 0.1) is 12.6 Å². The number of fused-ring (bicyclic) bond motifs is 3. The lowest BCUT2D eigenvalue weighted by Crippen LogP contribution is -2.45. The average molecular weight is 448 g/mol. The number of hydrogen-bond donors (Lipinski definition) is 2. The Balaban J connectivity index is 1.43. The van der Waals surface area contributed by atoms with Crippen molar-refractivity contribution < 1.29 is 33.0 Å². The molecule has 0 spiro atoms. The third kappa shape index (κ3) is 4.35. The Morgan fingerprint density at radius 2 is 1.90 bits per heavy atom. The van der Waals surface area contributed by atoms with Crippen LogP contribution in [0.1, 0.15) is 16.8 Å². The molecule has 0 bridgehead atoms. The number of alkyl halides is 2. The first-order chi connectivity index (χ1) is 14.8. The number of ether oxygens (including phenoxy) is 1. The van der Waals surface area contributed by atoms with E-state index < -0.39 is 43.1 Å². The number of rotatable bonds is 6. The summed E-state index contributed by atoms with van der Waals surface area (Å²) in [5.41, 5.74) is 0.363. The van der Waals surface area contributed by atoms with Crippen molar-refractivity contribution in [2.24, 2.45) is 0 Å². The lowest BCUT2D eigenvalue weighted by atomic mass is 10.1. The van der Waals surface area contributed by atoms with Crippen LogP contribution in [0.3, 0.4) is 0 Å². The fourth-order valence-corrected chi connectivity index (χ4v) is 4.92. The van der Waals surface area contributed by atoms with Crippen molar-refractivity contribution in [1.82, 2.24) is 10.2 Å². The van der Waals surface area contributed by atoms with Crippen molar-refractivity contribution >= 4 is 49.3 Å². The van der Waals surface area contributed by atoms with Gasteiger partial charge in [0.25, 0.3) is 5.91 Å². The number of carbonyl (C=O) groups excluding carboxylic acids is 2. The monoisotopic (exact) mass is 448 g/mol. The largest absolute Gasteiger partial charge is 0.480 e. The third-order valence-electron chi connectivity index (χ3n) is 5.20. The molecule has 7 nitrogen and oxygen atoms in total. The molecule has 31 heavy (non-hydrogen) atoms. The second-order valence-electron chi connectivity index (χ2n) is 7.15. The molecule has 162 valence electrons. The fraction of sp³-hybridized carbons (Fsp3) is 0.286. The number of aliphatic carboxylic acids is 1. The number of carboxylic acid groups (broad SMARTS) is 1. The van der Waals surface area contributed by atoms with E-state index in [1.807, 2.05) is 30.3 Å². The lowest BCUT2D eigenvalue weighted by molar-refractivity contribution is -0.160. The number of likely N-dealkylation sites (tertiary alicyclic amines) is 1. The molecular formula is C21H18F2N2O5S. The number of thiophene rings is 1. The van der Waals surface area contributed by atoms with E-state index in [1.165, 1.54) is 0 Å². The van der Waals surface area contributed by atoms with E-state index in [0.29, 0.717) is 5.56 Å². The Bertz CT molecular complexity index is 1170. The molecule has 1 aliphatic rings. The van der Waals surface area contributed by atoms with Gasteiger partial charge in [-0.2, -0.15) is 8.78 Å². The van der Waals surface area contributed by atoms with Crippen LogP contribution in [0, 0.1) is 0 Å². The molecule has 0 saturated carbocycles. The van der Waals surface area contributed by atoms with Crippen LogP contribution in [0.4, 0.5) is 8.78 Å². The molecule has 2 heterocycles. The maximum absolute atomic E-state index is 12.5. The highest BCUT2D eigenvalue weighted by molar-refractivity contribution is 7.25. The highest BCUT2D eigenvalue weighted by Gasteiger charge is 2.41. The SMILES string of the molecule is O=C(NCC(=O)N1C[C@H](OC(F)F)C[C@H]1C(=O)O)c1ccc2c(c1)sc1ccccc12. The minimum Gasteiger partial charge on any atom is -0.480 e. The molecule has 1 aromatic heterocycles. The number of carbonyl (C=O) groups is 3. The second-order valence-corrected chi connectivity index (χ2v) is 8.23. The normalized spacial score (nSPS) is 18.7. The first-order valence-corrected chi connectivity index (χ1v) is 10.3. The van der Waals surface area contributed by atoms with Crippen LogP contribution >= 0.6 is 11.3 Å². The number of benzene rings is 2. The maximum Gasteiger partial charge on any atom is 0.345 e. The zero-order chi connectivity index (χ0) is 22.1. The van der Waals surface area contributed by atoms with E-state index in [2.05, 4.69) is 10.1 Å². The van der Waals surface area contributed by atoms with Crippen molar-refractivity contribution in [2.45, 2.75) is 25.2 Å². The van der Waals surface area contributed by atoms with Crippen molar-refractivity contribution in [3.05, 3.63) is 48.0 Å². The maximum atomic E-state index is 12.5. The number of nitrogens with zero attached hydrogens (tertiary/aromatic N) is 1. The summed E-state index contributed by atoms with van der Waals surface area (Å²) in [4.78, 5) is 37.3. The minimum absolute atomic E-state index is 0.234. The molecule has 0 unspecified atom stereocenters. The van der Waals surface area contributed by atoms with E-state index in [-0.39, 0.29) is 13.0 Å². The van der Waals surface area contributed by atoms with Crippen molar-refractivity contribution in [1.29, 1.82) is 0 Å². The standard InChI is InChI=1S/C21H18F2N2O5S/c22-21(23)30-12-8-15(20(28)29)25(10-12)18(26)9-24-19(27)11-5-6-14-13-3-1-2-4-16(13)31-17(14)7-11/h1-7,12,15,21H,8-10H2,(H,24,27)(H,28,29)/t12-,15+/m1/s1. The number of nitrogens with one attached hydrogen (secondary N) is 1. The summed E-state index contributed by atoms with van der Waals surface area (Å²) >= 11 is 1.55. The van der Waals surface area contributed by atoms with Gasteiger partial charge in [0.15, 0.2) is 0 Å². The zero-order valence-electron chi connectivity index (χ0n) is 16.1. The lowest BCUT2D eigenvalue weighted by Gasteiger charge is -2.21. The Kier molecular flexibility index (Phi) is 5.84. The third-order valence-corrected chi connectivity index (χ3v) is 6.34. The van der Waals surface area contributed by atoms with Crippen LogP contribution in [-0.2, 0) is 14.3 Å². The van der Waals surface area contributed by atoms with Gasteiger partial charge in [-0.15, -0.1) is 11.3 Å². The molecule has 2 amide bonds. The zero-order valence-corrected chi connectivity index (χ0v) is 16.9. The topological polar surface area (TPSA) is 95.9 Å². The van der Waals surface area contributed by atoms with E-state index >= 15 is 0 Å². The van der Waals surface area contributed by atoms with Crippen molar-refractivity contribution in [2.75, 3.05) is 13.1 Å². The molecule has 1 fully saturated rings. The van der Waals surface area contributed by atoms with Crippen molar-refractivity contribution in [3.63, 3.8) is 0 Å². The smallest absolute Gasteiger partial charge is 0.345 e. The average Bonchev–Trinajstić information content (AvgIpc) is 3.32. The van der Waals surface area contributed by atoms with Crippen LogP contribution in [-0.4, -0.2) is 59.6 Å². The Morgan fingerprint density at radius 3 is 2.65 bits per heavy atom. The summed E-state index contributed by atoms with van der Waals surface area (Å²) in [7, 11) is 0. The van der Waals surface area contributed by atoms with Gasteiger partial charge in [0.2, 0.25) is 5.91 Å². The number of hydrogen-bond acceptors (Lipinski definition) is 5. The van der Waals surface area contributed by atoms with E-state index in [0.717, 1.165) is 25.1 Å². The summed E-state index contributed by atoms with van der Waals surface area (Å²) < 4.78 is 31.2. The van der Waals surface area contributed by atoms with Crippen LogP contribution in [0.25, 0.3) is 20.2 Å². The number of amides is 2. The van der Waals surface area contributed by atoms with Gasteiger partial charge in [0, 0.05) is 38.7 Å². The quantitative estimate of drug-likeness (QED) is 0.604. The molecule has 3 aromatic rings. The van der Waals surface area contributed by atoms with Gasteiger partial charge >= 0.3 is 12.6 Å². The second kappa shape index (κ2) is 8.56. The molecule has 2 aromatic carbocycles. The van der Waals surface area contributed by atoms with Gasteiger partial charge in [-0.05, 0) is 18.2 Å². The van der Waals surface area contributed by atoms with Crippen molar-refractivity contribution in [3.8, 4) is 0 Å². The molecule has 1 aliphatic heterocycles. The molecular weight excluding hydrogens is 430 g/mol. The predicted molar refractivity (Wildman–Crippen MR) is 110 cm³/mol. The van der Waals surface area contributed by atoms with Crippen LogP contribution in [0.5, 0.6) is 0 Å². The highest BCUT2D eigenvalue weighted by atomic mass is 32.1. The number of carboxylic acids is 1. The number of halogens is 2. The van der Waals surface area contributed by atoms with Gasteiger partial charge in [-0.1, -0.05) is 24.3 Å². The van der Waals surface area contributed by atoms with E-state index in [1.54, 1.807) is 23.5 Å². The summed E-state index contributed by atoms with van der Waals surface area (Å²) in [6.07, 6.45) is -1.31. The first-order valence-electron chi connectivity index (χ1n) is 9.49. The molecule has 10 heteroatoms. The van der Waals surface area contributed by atoms with Gasteiger partial charge in [0.1, 0.15) is 6.04 Å².